The average molecular weight is 251 g/mol. The molecule has 0 aromatic heterocycles. The summed E-state index contributed by atoms with van der Waals surface area (Å²) in [5.74, 6) is -0.135. The van der Waals surface area contributed by atoms with Crippen LogP contribution < -0.4 is 5.32 Å². The molecule has 0 amide bonds. The third-order valence-corrected chi connectivity index (χ3v) is 3.37. The van der Waals surface area contributed by atoms with Crippen molar-refractivity contribution in [3.63, 3.8) is 0 Å². The van der Waals surface area contributed by atoms with E-state index in [0.717, 1.165) is 5.56 Å². The van der Waals surface area contributed by atoms with Gasteiger partial charge in [0.1, 0.15) is 0 Å². The number of fused-ring (bicyclic) bond motifs is 2. The van der Waals surface area contributed by atoms with E-state index in [2.05, 4.69) is 5.32 Å². The normalized spacial score (nSPS) is 13.1. The number of carbonyl (C=O) groups is 2. The Balaban J connectivity index is 2.18. The van der Waals surface area contributed by atoms with Crippen molar-refractivity contribution < 1.29 is 9.59 Å². The first-order valence-corrected chi connectivity index (χ1v) is 6.18. The van der Waals surface area contributed by atoms with Crippen LogP contribution in [0.3, 0.4) is 0 Å². The maximum atomic E-state index is 12.4. The lowest BCUT2D eigenvalue weighted by molar-refractivity contribution is 0.0979. The standard InChI is InChI=1S/C16H13NO2/c1-17-9-10-6-7-13-14(8-10)16(19)12-5-3-2-4-11(12)15(13)18/h2-8,17H,9H2,1H3. The monoisotopic (exact) mass is 251 g/mol. The molecule has 2 aromatic rings. The molecule has 1 N–H and O–H groups in total. The summed E-state index contributed by atoms with van der Waals surface area (Å²) in [7, 11) is 1.85. The van der Waals surface area contributed by atoms with Crippen LogP contribution in [-0.2, 0) is 6.54 Å². The summed E-state index contributed by atoms with van der Waals surface area (Å²) in [4.78, 5) is 24.8. The Morgan fingerprint density at radius 3 is 2.05 bits per heavy atom. The highest BCUT2D eigenvalue weighted by atomic mass is 16.1. The van der Waals surface area contributed by atoms with Gasteiger partial charge in [-0.15, -0.1) is 0 Å². The summed E-state index contributed by atoms with van der Waals surface area (Å²) in [6.45, 7) is 0.677. The molecule has 3 heteroatoms. The Kier molecular flexibility index (Phi) is 2.76. The molecule has 0 saturated carbocycles. The molecule has 0 heterocycles. The first-order chi connectivity index (χ1) is 9.22. The van der Waals surface area contributed by atoms with Crippen LogP contribution in [0.15, 0.2) is 42.5 Å². The highest BCUT2D eigenvalue weighted by molar-refractivity contribution is 6.28. The molecule has 1 aliphatic carbocycles. The predicted molar refractivity (Wildman–Crippen MR) is 72.5 cm³/mol. The summed E-state index contributed by atoms with van der Waals surface area (Å²) in [6, 6.07) is 12.4. The van der Waals surface area contributed by atoms with Gasteiger partial charge >= 0.3 is 0 Å². The summed E-state index contributed by atoms with van der Waals surface area (Å²) >= 11 is 0. The zero-order chi connectivity index (χ0) is 13.4. The SMILES string of the molecule is CNCc1ccc2c(c1)C(=O)c1ccccc1C2=O. The number of benzene rings is 2. The molecule has 1 aliphatic rings. The van der Waals surface area contributed by atoms with Gasteiger partial charge in [0.15, 0.2) is 11.6 Å². The smallest absolute Gasteiger partial charge is 0.194 e. The third kappa shape index (κ3) is 1.79. The number of hydrogen-bond donors (Lipinski definition) is 1. The number of hydrogen-bond acceptors (Lipinski definition) is 3. The minimum absolute atomic E-state index is 0.0665. The van der Waals surface area contributed by atoms with E-state index in [4.69, 9.17) is 0 Å². The lowest BCUT2D eigenvalue weighted by atomic mass is 9.83. The Labute approximate surface area is 111 Å². The van der Waals surface area contributed by atoms with Crippen molar-refractivity contribution >= 4 is 11.6 Å². The highest BCUT2D eigenvalue weighted by Crippen LogP contribution is 2.27. The van der Waals surface area contributed by atoms with Crippen LogP contribution in [0, 0.1) is 0 Å². The van der Waals surface area contributed by atoms with Crippen molar-refractivity contribution in [1.29, 1.82) is 0 Å². The number of ketones is 2. The Morgan fingerprint density at radius 2 is 1.42 bits per heavy atom. The molecule has 3 rings (SSSR count). The molecule has 2 aromatic carbocycles. The Bertz CT molecular complexity index is 689. The van der Waals surface area contributed by atoms with Crippen LogP contribution in [0.4, 0.5) is 0 Å². The van der Waals surface area contributed by atoms with E-state index in [-0.39, 0.29) is 11.6 Å². The second-order valence-electron chi connectivity index (χ2n) is 4.61. The lowest BCUT2D eigenvalue weighted by Gasteiger charge is -2.17. The van der Waals surface area contributed by atoms with E-state index in [1.807, 2.05) is 19.2 Å². The first kappa shape index (κ1) is 11.8. The molecule has 0 unspecified atom stereocenters. The summed E-state index contributed by atoms with van der Waals surface area (Å²) in [5.41, 5.74) is 3.02. The predicted octanol–water partition coefficient (Wildman–Crippen LogP) is 2.18. The van der Waals surface area contributed by atoms with Crippen LogP contribution in [0.1, 0.15) is 37.4 Å². The van der Waals surface area contributed by atoms with Crippen molar-refractivity contribution in [2.24, 2.45) is 0 Å². The maximum Gasteiger partial charge on any atom is 0.194 e. The minimum Gasteiger partial charge on any atom is -0.316 e. The Hall–Kier alpha value is -2.26. The van der Waals surface area contributed by atoms with Crippen molar-refractivity contribution in [1.82, 2.24) is 5.32 Å². The fourth-order valence-electron chi connectivity index (χ4n) is 2.46. The van der Waals surface area contributed by atoms with Crippen molar-refractivity contribution in [2.45, 2.75) is 6.54 Å². The van der Waals surface area contributed by atoms with Crippen molar-refractivity contribution in [3.8, 4) is 0 Å². The molecule has 0 aliphatic heterocycles. The molecule has 94 valence electrons. The van der Waals surface area contributed by atoms with E-state index >= 15 is 0 Å². The van der Waals surface area contributed by atoms with Gasteiger partial charge in [0, 0.05) is 28.8 Å². The van der Waals surface area contributed by atoms with E-state index < -0.39 is 0 Å². The molecular formula is C16H13NO2. The van der Waals surface area contributed by atoms with Crippen LogP contribution >= 0.6 is 0 Å². The van der Waals surface area contributed by atoms with E-state index in [9.17, 15) is 9.59 Å². The quantitative estimate of drug-likeness (QED) is 0.759. The molecule has 0 spiro atoms. The van der Waals surface area contributed by atoms with Gasteiger partial charge < -0.3 is 5.32 Å². The third-order valence-electron chi connectivity index (χ3n) is 3.37. The zero-order valence-electron chi connectivity index (χ0n) is 10.6. The fourth-order valence-corrected chi connectivity index (χ4v) is 2.46. The van der Waals surface area contributed by atoms with E-state index in [1.165, 1.54) is 0 Å². The second kappa shape index (κ2) is 4.44. The van der Waals surface area contributed by atoms with Crippen molar-refractivity contribution in [2.75, 3.05) is 7.05 Å². The Morgan fingerprint density at radius 1 is 0.842 bits per heavy atom. The van der Waals surface area contributed by atoms with Gasteiger partial charge in [-0.3, -0.25) is 9.59 Å². The fraction of sp³-hybridized carbons (Fsp3) is 0.125. The van der Waals surface area contributed by atoms with Crippen LogP contribution in [0.2, 0.25) is 0 Å². The highest BCUT2D eigenvalue weighted by Gasteiger charge is 2.29. The minimum atomic E-state index is -0.0683. The van der Waals surface area contributed by atoms with Gasteiger partial charge in [0.05, 0.1) is 0 Å². The van der Waals surface area contributed by atoms with Gasteiger partial charge in [-0.1, -0.05) is 30.3 Å². The van der Waals surface area contributed by atoms with E-state index in [0.29, 0.717) is 28.8 Å². The topological polar surface area (TPSA) is 46.2 Å². The second-order valence-corrected chi connectivity index (χ2v) is 4.61. The largest absolute Gasteiger partial charge is 0.316 e. The molecule has 3 nitrogen and oxygen atoms in total. The summed E-state index contributed by atoms with van der Waals surface area (Å²) in [6.07, 6.45) is 0. The number of rotatable bonds is 2. The first-order valence-electron chi connectivity index (χ1n) is 6.18. The molecule has 0 atom stereocenters. The average Bonchev–Trinajstić information content (AvgIpc) is 2.45. The van der Waals surface area contributed by atoms with Gasteiger partial charge in [0.25, 0.3) is 0 Å². The number of carbonyl (C=O) groups excluding carboxylic acids is 2. The molecule has 0 bridgehead atoms. The van der Waals surface area contributed by atoms with E-state index in [1.54, 1.807) is 30.3 Å². The van der Waals surface area contributed by atoms with Crippen LogP contribution in [-0.4, -0.2) is 18.6 Å². The molecule has 19 heavy (non-hydrogen) atoms. The number of nitrogens with one attached hydrogen (secondary N) is 1. The van der Waals surface area contributed by atoms with Gasteiger partial charge in [-0.05, 0) is 24.7 Å². The lowest BCUT2D eigenvalue weighted by Crippen LogP contribution is -2.21. The molecule has 0 fully saturated rings. The maximum absolute atomic E-state index is 12.4. The molecule has 0 saturated heterocycles. The summed E-state index contributed by atoms with van der Waals surface area (Å²) < 4.78 is 0. The van der Waals surface area contributed by atoms with Crippen LogP contribution in [0.25, 0.3) is 0 Å². The molecular weight excluding hydrogens is 238 g/mol. The zero-order valence-corrected chi connectivity index (χ0v) is 10.6. The summed E-state index contributed by atoms with van der Waals surface area (Å²) in [5, 5.41) is 3.04. The van der Waals surface area contributed by atoms with Gasteiger partial charge in [-0.25, -0.2) is 0 Å². The van der Waals surface area contributed by atoms with Gasteiger partial charge in [-0.2, -0.15) is 0 Å². The van der Waals surface area contributed by atoms with Crippen molar-refractivity contribution in [3.05, 3.63) is 70.3 Å². The van der Waals surface area contributed by atoms with Gasteiger partial charge in [0.2, 0.25) is 0 Å². The molecule has 0 radical (unpaired) electrons. The van der Waals surface area contributed by atoms with Crippen LogP contribution in [0.5, 0.6) is 0 Å².